The number of rotatable bonds is 3. The molecule has 0 heterocycles. The van der Waals surface area contributed by atoms with Gasteiger partial charge in [-0.15, -0.1) is 0 Å². The maximum Gasteiger partial charge on any atom is 0.165 e. The lowest BCUT2D eigenvalue weighted by atomic mass is 9.81. The normalized spacial score (nSPS) is 21.6. The zero-order valence-electron chi connectivity index (χ0n) is 13.3. The molecule has 22 heavy (non-hydrogen) atoms. The van der Waals surface area contributed by atoms with Crippen LogP contribution in [-0.4, -0.2) is 6.10 Å². The minimum absolute atomic E-state index is 0.0627. The van der Waals surface area contributed by atoms with Crippen molar-refractivity contribution in [2.45, 2.75) is 51.6 Å². The second-order valence-corrected chi connectivity index (χ2v) is 6.32. The lowest BCUT2D eigenvalue weighted by Crippen LogP contribution is -2.29. The van der Waals surface area contributed by atoms with E-state index in [1.807, 2.05) is 26.0 Å². The van der Waals surface area contributed by atoms with Gasteiger partial charge in [0, 0.05) is 5.92 Å². The summed E-state index contributed by atoms with van der Waals surface area (Å²) in [5.41, 5.74) is 3.34. The molecule has 2 heteroatoms. The third-order valence-corrected chi connectivity index (χ3v) is 4.76. The van der Waals surface area contributed by atoms with E-state index in [0.717, 1.165) is 30.4 Å². The number of halogens is 1. The Labute approximate surface area is 132 Å². The van der Waals surface area contributed by atoms with Crippen molar-refractivity contribution in [2.75, 3.05) is 0 Å². The molecule has 2 aromatic carbocycles. The van der Waals surface area contributed by atoms with E-state index in [1.165, 1.54) is 12.0 Å². The summed E-state index contributed by atoms with van der Waals surface area (Å²) in [6.45, 7) is 3.92. The highest BCUT2D eigenvalue weighted by Crippen LogP contribution is 2.36. The van der Waals surface area contributed by atoms with Crippen LogP contribution in [0.15, 0.2) is 42.5 Å². The Kier molecular flexibility index (Phi) is 4.47. The molecule has 0 bridgehead atoms. The number of hydrogen-bond donors (Lipinski definition) is 0. The van der Waals surface area contributed by atoms with Gasteiger partial charge in [0.1, 0.15) is 6.10 Å². The van der Waals surface area contributed by atoms with Crippen LogP contribution in [0.25, 0.3) is 0 Å². The molecule has 1 fully saturated rings. The smallest absolute Gasteiger partial charge is 0.165 e. The van der Waals surface area contributed by atoms with Crippen molar-refractivity contribution in [3.8, 4) is 5.75 Å². The van der Waals surface area contributed by atoms with Crippen molar-refractivity contribution >= 4 is 0 Å². The predicted molar refractivity (Wildman–Crippen MR) is 87.9 cm³/mol. The summed E-state index contributed by atoms with van der Waals surface area (Å²) in [6, 6.07) is 13.9. The Hall–Kier alpha value is -1.83. The molecule has 0 saturated heterocycles. The van der Waals surface area contributed by atoms with E-state index in [4.69, 9.17) is 4.74 Å². The van der Waals surface area contributed by atoms with Crippen molar-refractivity contribution < 1.29 is 9.13 Å². The summed E-state index contributed by atoms with van der Waals surface area (Å²) in [4.78, 5) is 0. The average molecular weight is 298 g/mol. The van der Waals surface area contributed by atoms with E-state index in [9.17, 15) is 4.39 Å². The van der Waals surface area contributed by atoms with E-state index >= 15 is 0 Å². The summed E-state index contributed by atoms with van der Waals surface area (Å²) in [5.74, 6) is 0.507. The maximum absolute atomic E-state index is 14.2. The molecule has 1 unspecified atom stereocenters. The standard InChI is InChI=1S/C20H23FO/c1-14-12-18(21)20(13-15(14)2)22-19-11-7-6-10-17(19)16-8-4-3-5-9-16/h3-5,8-9,12-13,17,19H,6-7,10-11H2,1-2H3/t17-,19?/m0/s1. The zero-order valence-corrected chi connectivity index (χ0v) is 13.3. The summed E-state index contributed by atoms with van der Waals surface area (Å²) in [7, 11) is 0. The van der Waals surface area contributed by atoms with Crippen LogP contribution in [0, 0.1) is 19.7 Å². The topological polar surface area (TPSA) is 9.23 Å². The van der Waals surface area contributed by atoms with Crippen molar-refractivity contribution in [1.82, 2.24) is 0 Å². The zero-order chi connectivity index (χ0) is 15.5. The van der Waals surface area contributed by atoms with Crippen LogP contribution in [0.3, 0.4) is 0 Å². The molecule has 116 valence electrons. The van der Waals surface area contributed by atoms with Gasteiger partial charge in [-0.05, 0) is 61.9 Å². The van der Waals surface area contributed by atoms with Gasteiger partial charge in [-0.2, -0.15) is 0 Å². The van der Waals surface area contributed by atoms with Crippen molar-refractivity contribution in [3.05, 3.63) is 65.0 Å². The van der Waals surface area contributed by atoms with E-state index in [2.05, 4.69) is 24.3 Å². The first-order valence-corrected chi connectivity index (χ1v) is 8.13. The quantitative estimate of drug-likeness (QED) is 0.722. The van der Waals surface area contributed by atoms with Crippen LogP contribution in [0.2, 0.25) is 0 Å². The average Bonchev–Trinajstić information content (AvgIpc) is 2.54. The molecule has 0 radical (unpaired) electrons. The highest BCUT2D eigenvalue weighted by atomic mass is 19.1. The molecule has 0 amide bonds. The third kappa shape index (κ3) is 3.16. The molecule has 1 nitrogen and oxygen atoms in total. The van der Waals surface area contributed by atoms with Crippen LogP contribution in [0.5, 0.6) is 5.75 Å². The third-order valence-electron chi connectivity index (χ3n) is 4.76. The van der Waals surface area contributed by atoms with Crippen molar-refractivity contribution in [2.24, 2.45) is 0 Å². The fourth-order valence-corrected chi connectivity index (χ4v) is 3.33. The molecule has 0 aromatic heterocycles. The summed E-state index contributed by atoms with van der Waals surface area (Å²) in [6.07, 6.45) is 4.54. The van der Waals surface area contributed by atoms with Gasteiger partial charge in [-0.3, -0.25) is 0 Å². The number of benzene rings is 2. The van der Waals surface area contributed by atoms with Gasteiger partial charge in [0.05, 0.1) is 0 Å². The number of hydrogen-bond acceptors (Lipinski definition) is 1. The van der Waals surface area contributed by atoms with Gasteiger partial charge in [-0.1, -0.05) is 36.8 Å². The molecular weight excluding hydrogens is 275 g/mol. The first kappa shape index (κ1) is 15.1. The Morgan fingerprint density at radius 1 is 0.955 bits per heavy atom. The van der Waals surface area contributed by atoms with Gasteiger partial charge in [0.15, 0.2) is 11.6 Å². The second kappa shape index (κ2) is 6.51. The van der Waals surface area contributed by atoms with E-state index in [0.29, 0.717) is 11.7 Å². The van der Waals surface area contributed by atoms with Gasteiger partial charge >= 0.3 is 0 Å². The Balaban J connectivity index is 1.84. The number of ether oxygens (including phenoxy) is 1. The fraction of sp³-hybridized carbons (Fsp3) is 0.400. The first-order chi connectivity index (χ1) is 10.6. The van der Waals surface area contributed by atoms with Crippen molar-refractivity contribution in [1.29, 1.82) is 0 Å². The SMILES string of the molecule is Cc1cc(F)c(OC2CCCC[C@H]2c2ccccc2)cc1C. The molecule has 0 spiro atoms. The van der Waals surface area contributed by atoms with E-state index in [1.54, 1.807) is 6.07 Å². The van der Waals surface area contributed by atoms with Crippen LogP contribution in [0.4, 0.5) is 4.39 Å². The first-order valence-electron chi connectivity index (χ1n) is 8.13. The molecule has 0 aliphatic heterocycles. The monoisotopic (exact) mass is 298 g/mol. The minimum Gasteiger partial charge on any atom is -0.487 e. The molecular formula is C20H23FO. The van der Waals surface area contributed by atoms with E-state index < -0.39 is 0 Å². The van der Waals surface area contributed by atoms with Gasteiger partial charge < -0.3 is 4.74 Å². The summed E-state index contributed by atoms with van der Waals surface area (Å²) >= 11 is 0. The van der Waals surface area contributed by atoms with Crippen LogP contribution >= 0.6 is 0 Å². The molecule has 1 aliphatic rings. The van der Waals surface area contributed by atoms with Gasteiger partial charge in [-0.25, -0.2) is 4.39 Å². The molecule has 2 atom stereocenters. The molecule has 1 aliphatic carbocycles. The second-order valence-electron chi connectivity index (χ2n) is 6.32. The van der Waals surface area contributed by atoms with Crippen molar-refractivity contribution in [3.63, 3.8) is 0 Å². The van der Waals surface area contributed by atoms with Crippen LogP contribution < -0.4 is 4.74 Å². The van der Waals surface area contributed by atoms with Crippen LogP contribution in [0.1, 0.15) is 48.3 Å². The number of aryl methyl sites for hydroxylation is 2. The minimum atomic E-state index is -0.250. The fourth-order valence-electron chi connectivity index (χ4n) is 3.33. The highest BCUT2D eigenvalue weighted by Gasteiger charge is 2.28. The summed E-state index contributed by atoms with van der Waals surface area (Å²) in [5, 5.41) is 0. The maximum atomic E-state index is 14.2. The molecule has 3 rings (SSSR count). The molecule has 1 saturated carbocycles. The Morgan fingerprint density at radius 3 is 2.41 bits per heavy atom. The lowest BCUT2D eigenvalue weighted by molar-refractivity contribution is 0.125. The predicted octanol–water partition coefficient (Wildman–Crippen LogP) is 5.55. The van der Waals surface area contributed by atoms with Crippen LogP contribution in [-0.2, 0) is 0 Å². The summed E-state index contributed by atoms with van der Waals surface area (Å²) < 4.78 is 20.3. The highest BCUT2D eigenvalue weighted by molar-refractivity contribution is 5.36. The van der Waals surface area contributed by atoms with E-state index in [-0.39, 0.29) is 11.9 Å². The lowest BCUT2D eigenvalue weighted by Gasteiger charge is -2.32. The Morgan fingerprint density at radius 2 is 1.64 bits per heavy atom. The van der Waals surface area contributed by atoms with Gasteiger partial charge in [0.2, 0.25) is 0 Å². The molecule has 0 N–H and O–H groups in total. The van der Waals surface area contributed by atoms with Gasteiger partial charge in [0.25, 0.3) is 0 Å². The largest absolute Gasteiger partial charge is 0.487 e. The Bertz CT molecular complexity index is 636. The molecule has 2 aromatic rings.